The van der Waals surface area contributed by atoms with Crippen LogP contribution in [0.2, 0.25) is 0 Å². The summed E-state index contributed by atoms with van der Waals surface area (Å²) in [6.45, 7) is 3.99. The molecule has 1 aliphatic carbocycles. The molecule has 0 saturated heterocycles. The van der Waals surface area contributed by atoms with Crippen LogP contribution in [-0.4, -0.2) is 61.4 Å². The monoisotopic (exact) mass is 606 g/mol. The van der Waals surface area contributed by atoms with E-state index in [1.54, 1.807) is 40.3 Å². The van der Waals surface area contributed by atoms with Crippen LogP contribution < -0.4 is 21.3 Å². The number of aromatic nitrogens is 2. The number of hydrogen-bond acceptors (Lipinski definition) is 8. The van der Waals surface area contributed by atoms with Crippen molar-refractivity contribution in [1.29, 1.82) is 0 Å². The van der Waals surface area contributed by atoms with Crippen LogP contribution in [0.5, 0.6) is 0 Å². The number of guanidine groups is 2. The van der Waals surface area contributed by atoms with Gasteiger partial charge in [0.05, 0.1) is 48.4 Å². The molecule has 0 bridgehead atoms. The first-order valence-corrected chi connectivity index (χ1v) is 14.4. The average Bonchev–Trinajstić information content (AvgIpc) is 3.05. The number of carbonyl (C=O) groups is 2. The largest absolute Gasteiger partial charge is 0.450 e. The summed E-state index contributed by atoms with van der Waals surface area (Å²) in [4.78, 5) is 41.1. The van der Waals surface area contributed by atoms with Crippen LogP contribution in [0.4, 0.5) is 21.0 Å². The fourth-order valence-electron chi connectivity index (χ4n) is 5.02. The Hall–Kier alpha value is -5.78. The van der Waals surface area contributed by atoms with Crippen molar-refractivity contribution >= 4 is 52.3 Å². The highest BCUT2D eigenvalue weighted by atomic mass is 16.6. The Morgan fingerprint density at radius 1 is 0.800 bits per heavy atom. The second-order valence-corrected chi connectivity index (χ2v) is 9.80. The third kappa shape index (κ3) is 7.07. The molecule has 1 unspecified atom stereocenters. The van der Waals surface area contributed by atoms with Gasteiger partial charge in [-0.2, -0.15) is 0 Å². The SMILES string of the molecule is CCOC(=O)NC(=NC)Nc1ccc(-c2ccc3cccc4c3c2C=CC4c2ccc(NC(=NC)NC(=O)OCC)cn2)nc1. The minimum absolute atomic E-state index is 0.0549. The molecule has 4 aromatic rings. The van der Waals surface area contributed by atoms with E-state index in [2.05, 4.69) is 73.7 Å². The number of nitrogens with one attached hydrogen (secondary N) is 4. The fourth-order valence-corrected chi connectivity index (χ4v) is 5.02. The van der Waals surface area contributed by atoms with Gasteiger partial charge >= 0.3 is 12.2 Å². The van der Waals surface area contributed by atoms with Crippen molar-refractivity contribution in [2.45, 2.75) is 19.8 Å². The number of carbonyl (C=O) groups excluding carboxylic acids is 2. The molecule has 2 amide bonds. The van der Waals surface area contributed by atoms with E-state index >= 15 is 0 Å². The van der Waals surface area contributed by atoms with Gasteiger partial charge in [0, 0.05) is 25.6 Å². The van der Waals surface area contributed by atoms with E-state index in [0.29, 0.717) is 11.4 Å². The first-order valence-electron chi connectivity index (χ1n) is 14.4. The molecule has 4 N–H and O–H groups in total. The van der Waals surface area contributed by atoms with Gasteiger partial charge in [0.15, 0.2) is 0 Å². The first-order chi connectivity index (χ1) is 21.9. The molecule has 45 heavy (non-hydrogen) atoms. The molecule has 12 heteroatoms. The van der Waals surface area contributed by atoms with Crippen molar-refractivity contribution in [3.8, 4) is 11.3 Å². The summed E-state index contributed by atoms with van der Waals surface area (Å²) in [7, 11) is 3.14. The Kier molecular flexibility index (Phi) is 9.63. The van der Waals surface area contributed by atoms with E-state index in [0.717, 1.165) is 38.9 Å². The molecule has 2 heterocycles. The second kappa shape index (κ2) is 14.1. The van der Waals surface area contributed by atoms with Crippen LogP contribution in [0.3, 0.4) is 0 Å². The highest BCUT2D eigenvalue weighted by Gasteiger charge is 2.23. The number of hydrogen-bond donors (Lipinski definition) is 4. The zero-order valence-corrected chi connectivity index (χ0v) is 25.4. The Balaban J connectivity index is 1.37. The molecule has 1 atom stereocenters. The molecule has 2 aromatic carbocycles. The molecule has 230 valence electrons. The normalized spacial score (nSPS) is 14.1. The number of ether oxygens (including phenoxy) is 2. The number of allylic oxidation sites excluding steroid dienone is 1. The Morgan fingerprint density at radius 2 is 1.44 bits per heavy atom. The van der Waals surface area contributed by atoms with E-state index in [1.807, 2.05) is 24.3 Å². The summed E-state index contributed by atoms with van der Waals surface area (Å²) in [6.07, 6.45) is 6.52. The smallest absolute Gasteiger partial charge is 0.413 e. The Labute approximate surface area is 260 Å². The van der Waals surface area contributed by atoms with E-state index in [9.17, 15) is 9.59 Å². The molecule has 0 spiro atoms. The number of pyridine rings is 2. The van der Waals surface area contributed by atoms with Gasteiger partial charge in [0.1, 0.15) is 0 Å². The lowest BCUT2D eigenvalue weighted by atomic mass is 9.82. The maximum Gasteiger partial charge on any atom is 0.413 e. The molecule has 12 nitrogen and oxygen atoms in total. The number of aliphatic imine (C=N–C) groups is 2. The van der Waals surface area contributed by atoms with Crippen LogP contribution >= 0.6 is 0 Å². The van der Waals surface area contributed by atoms with E-state index in [-0.39, 0.29) is 31.1 Å². The molecule has 0 radical (unpaired) electrons. The number of nitrogens with zero attached hydrogens (tertiary/aromatic N) is 4. The zero-order valence-electron chi connectivity index (χ0n) is 25.4. The molecule has 0 aliphatic heterocycles. The second-order valence-electron chi connectivity index (χ2n) is 9.80. The van der Waals surface area contributed by atoms with Gasteiger partial charge in [-0.3, -0.25) is 30.6 Å². The fraction of sp³-hybridized carbons (Fsp3) is 0.212. The van der Waals surface area contributed by atoms with Crippen molar-refractivity contribution in [1.82, 2.24) is 20.6 Å². The Morgan fingerprint density at radius 3 is 2.00 bits per heavy atom. The van der Waals surface area contributed by atoms with Crippen LogP contribution in [0.15, 0.2) is 83.1 Å². The van der Waals surface area contributed by atoms with Crippen molar-refractivity contribution in [2.24, 2.45) is 9.98 Å². The predicted octanol–water partition coefficient (Wildman–Crippen LogP) is 5.74. The summed E-state index contributed by atoms with van der Waals surface area (Å²) in [5, 5.41) is 13.5. The molecule has 2 aromatic heterocycles. The number of anilines is 2. The van der Waals surface area contributed by atoms with Gasteiger partial charge in [-0.25, -0.2) is 9.59 Å². The van der Waals surface area contributed by atoms with Gasteiger partial charge in [-0.1, -0.05) is 42.5 Å². The minimum Gasteiger partial charge on any atom is -0.450 e. The lowest BCUT2D eigenvalue weighted by molar-refractivity contribution is 0.156. The molecule has 0 fully saturated rings. The summed E-state index contributed by atoms with van der Waals surface area (Å²) in [6, 6.07) is 18.2. The van der Waals surface area contributed by atoms with E-state index in [4.69, 9.17) is 19.4 Å². The summed E-state index contributed by atoms with van der Waals surface area (Å²) < 4.78 is 9.84. The van der Waals surface area contributed by atoms with Gasteiger partial charge < -0.3 is 20.1 Å². The maximum atomic E-state index is 11.8. The van der Waals surface area contributed by atoms with Gasteiger partial charge in [-0.15, -0.1) is 0 Å². The maximum absolute atomic E-state index is 11.8. The molecular formula is C33H34N8O4. The van der Waals surface area contributed by atoms with E-state index in [1.165, 1.54) is 0 Å². The number of amides is 2. The van der Waals surface area contributed by atoms with Crippen LogP contribution in [-0.2, 0) is 9.47 Å². The summed E-state index contributed by atoms with van der Waals surface area (Å²) in [5.41, 5.74) is 6.26. The first kappa shape index (κ1) is 30.7. The summed E-state index contributed by atoms with van der Waals surface area (Å²) in [5.74, 6) is 0.462. The third-order valence-corrected chi connectivity index (χ3v) is 7.02. The molecule has 1 aliphatic rings. The highest BCUT2D eigenvalue weighted by molar-refractivity contribution is 6.04. The topological polar surface area (TPSA) is 151 Å². The predicted molar refractivity (Wildman–Crippen MR) is 177 cm³/mol. The van der Waals surface area contributed by atoms with Crippen molar-refractivity contribution in [3.05, 3.63) is 89.9 Å². The average molecular weight is 607 g/mol. The summed E-state index contributed by atoms with van der Waals surface area (Å²) >= 11 is 0. The van der Waals surface area contributed by atoms with Gasteiger partial charge in [0.25, 0.3) is 0 Å². The number of benzene rings is 2. The Bertz CT molecular complexity index is 1780. The number of rotatable bonds is 6. The standard InChI is InChI=1S/C33H34N8O4/c1-5-44-32(42)40-30(34-3)38-21-11-16-27(36-18-21)23-13-10-20-8-7-9-25-24(14-15-26(23)29(20)25)28-17-12-22(19-37-28)39-31(35-4)41-33(43)45-6-2/h7-19,24H,5-6H2,1-4H3,(H2,34,38,40,42)(H2,35,39,41,43). The van der Waals surface area contributed by atoms with Crippen molar-refractivity contribution < 1.29 is 19.1 Å². The minimum atomic E-state index is -0.586. The quantitative estimate of drug-likeness (QED) is 0.160. The van der Waals surface area contributed by atoms with Crippen LogP contribution in [0.25, 0.3) is 28.1 Å². The van der Waals surface area contributed by atoms with Crippen molar-refractivity contribution in [2.75, 3.05) is 37.9 Å². The lowest BCUT2D eigenvalue weighted by Crippen LogP contribution is -2.36. The van der Waals surface area contributed by atoms with Crippen LogP contribution in [0.1, 0.15) is 36.6 Å². The van der Waals surface area contributed by atoms with Crippen molar-refractivity contribution in [3.63, 3.8) is 0 Å². The number of alkyl carbamates (subject to hydrolysis) is 2. The molecule has 0 saturated carbocycles. The molecule has 5 rings (SSSR count). The molecular weight excluding hydrogens is 572 g/mol. The lowest BCUT2D eigenvalue weighted by Gasteiger charge is -2.23. The van der Waals surface area contributed by atoms with Crippen LogP contribution in [0, 0.1) is 0 Å². The van der Waals surface area contributed by atoms with Gasteiger partial charge in [0.2, 0.25) is 11.9 Å². The van der Waals surface area contributed by atoms with Gasteiger partial charge in [-0.05, 0) is 60.0 Å². The highest BCUT2D eigenvalue weighted by Crippen LogP contribution is 2.41. The third-order valence-electron chi connectivity index (χ3n) is 7.02. The zero-order chi connectivity index (χ0) is 31.8. The van der Waals surface area contributed by atoms with E-state index < -0.39 is 12.2 Å².